The molecule has 1 rings (SSSR count). The molecule has 0 atom stereocenters. The van der Waals surface area contributed by atoms with Crippen LogP contribution in [-0.2, 0) is 0 Å². The molecule has 118 valence electrons. The van der Waals surface area contributed by atoms with Crippen LogP contribution < -0.4 is 16.4 Å². The van der Waals surface area contributed by atoms with Gasteiger partial charge >= 0.3 is 0 Å². The molecule has 0 aliphatic rings. The molecule has 0 aliphatic carbocycles. The van der Waals surface area contributed by atoms with E-state index in [0.717, 1.165) is 19.4 Å². The topological polar surface area (TPSA) is 84.2 Å². The Morgan fingerprint density at radius 2 is 2.00 bits per heavy atom. The van der Waals surface area contributed by atoms with E-state index in [1.54, 1.807) is 14.0 Å². The molecule has 0 fully saturated rings. The summed E-state index contributed by atoms with van der Waals surface area (Å²) in [6.07, 6.45) is 2.51. The van der Waals surface area contributed by atoms with E-state index in [-0.39, 0.29) is 17.4 Å². The van der Waals surface area contributed by atoms with Gasteiger partial charge in [0.1, 0.15) is 5.00 Å². The van der Waals surface area contributed by atoms with Crippen molar-refractivity contribution in [2.45, 2.75) is 40.0 Å². The van der Waals surface area contributed by atoms with Crippen LogP contribution in [0.3, 0.4) is 0 Å². The number of carbonyl (C=O) groups is 2. The number of rotatable bonds is 8. The summed E-state index contributed by atoms with van der Waals surface area (Å²) in [6, 6.07) is 0. The number of nitrogen functional groups attached to an aromatic ring is 1. The summed E-state index contributed by atoms with van der Waals surface area (Å²) in [5.41, 5.74) is 6.68. The van der Waals surface area contributed by atoms with Crippen LogP contribution in [0.2, 0.25) is 0 Å². The minimum atomic E-state index is -0.259. The van der Waals surface area contributed by atoms with Gasteiger partial charge in [0.05, 0.1) is 16.1 Å². The maximum Gasteiger partial charge on any atom is 0.256 e. The summed E-state index contributed by atoms with van der Waals surface area (Å²) < 4.78 is 0. The monoisotopic (exact) mass is 311 g/mol. The Bertz CT molecular complexity index is 509. The molecule has 4 N–H and O–H groups in total. The third kappa shape index (κ3) is 4.46. The Morgan fingerprint density at radius 3 is 2.52 bits per heavy atom. The lowest BCUT2D eigenvalue weighted by Gasteiger charge is -2.08. The number of thiophene rings is 1. The maximum absolute atomic E-state index is 12.0. The average molecular weight is 311 g/mol. The van der Waals surface area contributed by atoms with Gasteiger partial charge < -0.3 is 16.4 Å². The van der Waals surface area contributed by atoms with Crippen LogP contribution in [0.1, 0.15) is 60.1 Å². The zero-order chi connectivity index (χ0) is 16.0. The minimum absolute atomic E-state index is 0.0297. The molecule has 0 saturated heterocycles. The van der Waals surface area contributed by atoms with E-state index in [1.165, 1.54) is 11.3 Å². The van der Waals surface area contributed by atoms with Crippen LogP contribution in [-0.4, -0.2) is 25.3 Å². The molecule has 1 amide bonds. The number of Topliss-reactive ketones (excluding diaryl/α,β-unsaturated/α-hetero) is 1. The number of carbonyl (C=O) groups excluding carboxylic acids is 2. The fourth-order valence-corrected chi connectivity index (χ4v) is 3.15. The van der Waals surface area contributed by atoms with Gasteiger partial charge in [-0.15, -0.1) is 11.3 Å². The highest BCUT2D eigenvalue weighted by Gasteiger charge is 2.24. The van der Waals surface area contributed by atoms with Crippen LogP contribution >= 0.6 is 11.3 Å². The molecular formula is C15H25N3O2S. The van der Waals surface area contributed by atoms with Gasteiger partial charge in [-0.25, -0.2) is 0 Å². The largest absolute Gasteiger partial charge is 0.397 e. The Balaban J connectivity index is 2.95. The van der Waals surface area contributed by atoms with Crippen molar-refractivity contribution < 1.29 is 9.59 Å². The molecule has 0 aromatic carbocycles. The van der Waals surface area contributed by atoms with E-state index in [4.69, 9.17) is 5.73 Å². The van der Waals surface area contributed by atoms with Gasteiger partial charge in [0, 0.05) is 20.0 Å². The second-order valence-corrected chi connectivity index (χ2v) is 6.39. The summed E-state index contributed by atoms with van der Waals surface area (Å²) in [6.45, 7) is 6.91. The van der Waals surface area contributed by atoms with Crippen molar-refractivity contribution in [3.8, 4) is 0 Å². The lowest BCUT2D eigenvalue weighted by Crippen LogP contribution is -2.20. The van der Waals surface area contributed by atoms with Crippen molar-refractivity contribution >= 4 is 33.7 Å². The van der Waals surface area contributed by atoms with E-state index in [9.17, 15) is 9.59 Å². The first-order valence-corrected chi connectivity index (χ1v) is 8.15. The molecule has 1 aromatic rings. The summed E-state index contributed by atoms with van der Waals surface area (Å²) in [5, 5.41) is 6.51. The third-order valence-electron chi connectivity index (χ3n) is 3.22. The smallest absolute Gasteiger partial charge is 0.256 e. The van der Waals surface area contributed by atoms with Crippen molar-refractivity contribution in [2.24, 2.45) is 5.92 Å². The summed E-state index contributed by atoms with van der Waals surface area (Å²) in [5.74, 6) is 0.360. The third-order valence-corrected chi connectivity index (χ3v) is 4.42. The second-order valence-electron chi connectivity index (χ2n) is 5.37. The molecule has 0 unspecified atom stereocenters. The molecule has 21 heavy (non-hydrogen) atoms. The fourth-order valence-electron chi connectivity index (χ4n) is 2.00. The molecule has 6 heteroatoms. The normalized spacial score (nSPS) is 10.7. The molecule has 0 radical (unpaired) electrons. The quantitative estimate of drug-likeness (QED) is 0.509. The standard InChI is InChI=1S/C15H25N3O2S/c1-5-10(19)13-12(16)11(14(20)17-4)15(21-13)18-8-6-7-9(2)3/h9,18H,5-8,16H2,1-4H3,(H,17,20). The molecular weight excluding hydrogens is 286 g/mol. The van der Waals surface area contributed by atoms with Crippen molar-refractivity contribution in [2.75, 3.05) is 24.6 Å². The zero-order valence-corrected chi connectivity index (χ0v) is 14.0. The summed E-state index contributed by atoms with van der Waals surface area (Å²) in [7, 11) is 1.56. The maximum atomic E-state index is 12.0. The molecule has 0 saturated carbocycles. The van der Waals surface area contributed by atoms with Crippen molar-refractivity contribution in [1.29, 1.82) is 0 Å². The Morgan fingerprint density at radius 1 is 1.33 bits per heavy atom. The molecule has 0 aliphatic heterocycles. The van der Waals surface area contributed by atoms with E-state index >= 15 is 0 Å². The SMILES string of the molecule is CCC(=O)c1sc(NCCCC(C)C)c(C(=O)NC)c1N. The number of nitrogens with two attached hydrogens (primary N) is 1. The molecule has 0 spiro atoms. The highest BCUT2D eigenvalue weighted by Crippen LogP contribution is 2.36. The molecule has 0 bridgehead atoms. The Labute approximate surface area is 130 Å². The number of hydrogen-bond acceptors (Lipinski definition) is 5. The van der Waals surface area contributed by atoms with E-state index in [2.05, 4.69) is 24.5 Å². The van der Waals surface area contributed by atoms with E-state index in [0.29, 0.717) is 27.8 Å². The number of anilines is 2. The molecule has 1 aromatic heterocycles. The number of nitrogens with one attached hydrogen (secondary N) is 2. The van der Waals surface area contributed by atoms with Gasteiger partial charge in [-0.05, 0) is 18.8 Å². The first-order chi connectivity index (χ1) is 9.92. The van der Waals surface area contributed by atoms with Gasteiger partial charge in [-0.3, -0.25) is 9.59 Å². The van der Waals surface area contributed by atoms with Gasteiger partial charge in [-0.2, -0.15) is 0 Å². The Kier molecular flexibility index (Phi) is 6.68. The van der Waals surface area contributed by atoms with Gasteiger partial charge in [-0.1, -0.05) is 20.8 Å². The first-order valence-electron chi connectivity index (χ1n) is 7.33. The fraction of sp³-hybridized carbons (Fsp3) is 0.600. The summed E-state index contributed by atoms with van der Waals surface area (Å²) in [4.78, 5) is 24.4. The van der Waals surface area contributed by atoms with E-state index < -0.39 is 0 Å². The lowest BCUT2D eigenvalue weighted by molar-refractivity contribution is 0.0964. The predicted molar refractivity (Wildman–Crippen MR) is 89.3 cm³/mol. The number of hydrogen-bond donors (Lipinski definition) is 3. The van der Waals surface area contributed by atoms with Gasteiger partial charge in [0.25, 0.3) is 5.91 Å². The highest BCUT2D eigenvalue weighted by molar-refractivity contribution is 7.19. The second kappa shape index (κ2) is 8.02. The minimum Gasteiger partial charge on any atom is -0.397 e. The number of ketones is 1. The first kappa shape index (κ1) is 17.5. The van der Waals surface area contributed by atoms with Crippen LogP contribution in [0.25, 0.3) is 0 Å². The van der Waals surface area contributed by atoms with Crippen molar-refractivity contribution in [3.63, 3.8) is 0 Å². The zero-order valence-electron chi connectivity index (χ0n) is 13.2. The van der Waals surface area contributed by atoms with Crippen LogP contribution in [0.4, 0.5) is 10.7 Å². The van der Waals surface area contributed by atoms with Crippen LogP contribution in [0.15, 0.2) is 0 Å². The average Bonchev–Trinajstić information content (AvgIpc) is 2.78. The van der Waals surface area contributed by atoms with Gasteiger partial charge in [0.15, 0.2) is 5.78 Å². The predicted octanol–water partition coefficient (Wildman–Crippen LogP) is 3.13. The molecule has 5 nitrogen and oxygen atoms in total. The van der Waals surface area contributed by atoms with Crippen molar-refractivity contribution in [3.05, 3.63) is 10.4 Å². The lowest BCUT2D eigenvalue weighted by atomic mass is 10.1. The van der Waals surface area contributed by atoms with Crippen LogP contribution in [0.5, 0.6) is 0 Å². The van der Waals surface area contributed by atoms with Crippen molar-refractivity contribution in [1.82, 2.24) is 5.32 Å². The number of amides is 1. The molecule has 1 heterocycles. The highest BCUT2D eigenvalue weighted by atomic mass is 32.1. The van der Waals surface area contributed by atoms with E-state index in [1.807, 2.05) is 0 Å². The Hall–Kier alpha value is -1.56. The summed E-state index contributed by atoms with van der Waals surface area (Å²) >= 11 is 1.27. The van der Waals surface area contributed by atoms with Crippen LogP contribution in [0, 0.1) is 5.92 Å². The van der Waals surface area contributed by atoms with Gasteiger partial charge in [0.2, 0.25) is 0 Å².